The molecular formula is C18H32N4O5. The smallest absolute Gasteiger partial charge is 0.319 e. The van der Waals surface area contributed by atoms with Gasteiger partial charge in [0.1, 0.15) is 6.26 Å². The molecule has 0 aliphatic heterocycles. The molecule has 9 heteroatoms. The van der Waals surface area contributed by atoms with Crippen LogP contribution in [0, 0.1) is 0 Å². The molecule has 0 aliphatic carbocycles. The van der Waals surface area contributed by atoms with Gasteiger partial charge in [0.05, 0.1) is 6.54 Å². The summed E-state index contributed by atoms with van der Waals surface area (Å²) >= 11 is 0. The standard InChI is InChI=1S/C18H32N4O5/c1-5-25-11-7-9-19-17(23)15-14-27-16(20-15)13-22(18(24)21(3)4)10-8-12-26-6-2/h14H,5-13H2,1-4H3,(H,19,23). The van der Waals surface area contributed by atoms with Crippen molar-refractivity contribution in [2.45, 2.75) is 33.2 Å². The Kier molecular flexibility index (Phi) is 11.1. The van der Waals surface area contributed by atoms with E-state index in [1.54, 1.807) is 19.0 Å². The molecule has 1 rings (SSSR count). The van der Waals surface area contributed by atoms with Crippen LogP contribution < -0.4 is 5.32 Å². The van der Waals surface area contributed by atoms with Crippen LogP contribution in [0.3, 0.4) is 0 Å². The van der Waals surface area contributed by atoms with Crippen LogP contribution in [0.15, 0.2) is 10.7 Å². The Morgan fingerprint density at radius 3 is 2.44 bits per heavy atom. The van der Waals surface area contributed by atoms with Gasteiger partial charge in [-0.2, -0.15) is 0 Å². The van der Waals surface area contributed by atoms with Crippen molar-refractivity contribution in [1.29, 1.82) is 0 Å². The number of amides is 3. The van der Waals surface area contributed by atoms with Gasteiger partial charge in [0.25, 0.3) is 5.91 Å². The Bertz CT molecular complexity index is 562. The van der Waals surface area contributed by atoms with Crippen LogP contribution in [0.25, 0.3) is 0 Å². The van der Waals surface area contributed by atoms with E-state index in [0.29, 0.717) is 51.8 Å². The summed E-state index contributed by atoms with van der Waals surface area (Å²) in [5.74, 6) is 0.0180. The minimum atomic E-state index is -0.302. The molecular weight excluding hydrogens is 352 g/mol. The Morgan fingerprint density at radius 2 is 1.81 bits per heavy atom. The molecule has 0 saturated heterocycles. The molecule has 9 nitrogen and oxygen atoms in total. The molecule has 0 fully saturated rings. The zero-order valence-corrected chi connectivity index (χ0v) is 16.8. The minimum Gasteiger partial charge on any atom is -0.446 e. The second-order valence-corrected chi connectivity index (χ2v) is 6.08. The van der Waals surface area contributed by atoms with Crippen LogP contribution in [0.2, 0.25) is 0 Å². The molecule has 3 amide bonds. The highest BCUT2D eigenvalue weighted by atomic mass is 16.5. The largest absolute Gasteiger partial charge is 0.446 e. The van der Waals surface area contributed by atoms with Gasteiger partial charge in [0.15, 0.2) is 5.69 Å². The summed E-state index contributed by atoms with van der Waals surface area (Å²) in [6, 6.07) is -0.147. The van der Waals surface area contributed by atoms with E-state index in [2.05, 4.69) is 10.3 Å². The highest BCUT2D eigenvalue weighted by molar-refractivity contribution is 5.91. The molecule has 0 spiro atoms. The Morgan fingerprint density at radius 1 is 1.15 bits per heavy atom. The third-order valence-electron chi connectivity index (χ3n) is 3.64. The molecule has 27 heavy (non-hydrogen) atoms. The van der Waals surface area contributed by atoms with Crippen molar-refractivity contribution in [2.75, 3.05) is 53.6 Å². The van der Waals surface area contributed by atoms with Gasteiger partial charge in [0, 0.05) is 53.6 Å². The zero-order valence-electron chi connectivity index (χ0n) is 16.8. The molecule has 0 unspecified atom stereocenters. The summed E-state index contributed by atoms with van der Waals surface area (Å²) in [4.78, 5) is 31.7. The second-order valence-electron chi connectivity index (χ2n) is 6.08. The molecule has 0 saturated carbocycles. The molecule has 1 heterocycles. The maximum absolute atomic E-state index is 12.3. The Hall–Kier alpha value is -2.13. The summed E-state index contributed by atoms with van der Waals surface area (Å²) in [6.45, 7) is 7.55. The van der Waals surface area contributed by atoms with Gasteiger partial charge in [-0.1, -0.05) is 0 Å². The highest BCUT2D eigenvalue weighted by Crippen LogP contribution is 2.09. The van der Waals surface area contributed by atoms with Crippen LogP contribution in [0.5, 0.6) is 0 Å². The topological polar surface area (TPSA) is 97.1 Å². The van der Waals surface area contributed by atoms with E-state index < -0.39 is 0 Å². The Labute approximate surface area is 161 Å². The highest BCUT2D eigenvalue weighted by Gasteiger charge is 2.19. The van der Waals surface area contributed by atoms with Crippen LogP contribution in [-0.4, -0.2) is 80.3 Å². The van der Waals surface area contributed by atoms with Crippen molar-refractivity contribution in [3.8, 4) is 0 Å². The van der Waals surface area contributed by atoms with Crippen molar-refractivity contribution in [2.24, 2.45) is 0 Å². The number of nitrogens with zero attached hydrogens (tertiary/aromatic N) is 3. The summed E-state index contributed by atoms with van der Waals surface area (Å²) in [7, 11) is 3.38. The van der Waals surface area contributed by atoms with E-state index in [1.807, 2.05) is 13.8 Å². The average molecular weight is 384 g/mol. The van der Waals surface area contributed by atoms with Gasteiger partial charge in [-0.05, 0) is 26.7 Å². The SMILES string of the molecule is CCOCCCNC(=O)c1coc(CN(CCCOCC)C(=O)N(C)C)n1. The van der Waals surface area contributed by atoms with Crippen molar-refractivity contribution in [3.63, 3.8) is 0 Å². The number of hydrogen-bond acceptors (Lipinski definition) is 6. The summed E-state index contributed by atoms with van der Waals surface area (Å²) in [6.07, 6.45) is 2.75. The first kappa shape index (κ1) is 22.9. The lowest BCUT2D eigenvalue weighted by molar-refractivity contribution is 0.0939. The van der Waals surface area contributed by atoms with E-state index in [9.17, 15) is 9.59 Å². The molecule has 0 radical (unpaired) electrons. The monoisotopic (exact) mass is 384 g/mol. The van der Waals surface area contributed by atoms with Gasteiger partial charge in [-0.15, -0.1) is 0 Å². The number of ether oxygens (including phenoxy) is 2. The van der Waals surface area contributed by atoms with Crippen LogP contribution >= 0.6 is 0 Å². The summed E-state index contributed by atoms with van der Waals surface area (Å²) < 4.78 is 15.9. The van der Waals surface area contributed by atoms with Crippen LogP contribution in [-0.2, 0) is 16.0 Å². The number of carbonyl (C=O) groups excluding carboxylic acids is 2. The first-order valence-corrected chi connectivity index (χ1v) is 9.33. The fourth-order valence-corrected chi connectivity index (χ4v) is 2.29. The fourth-order valence-electron chi connectivity index (χ4n) is 2.29. The van der Waals surface area contributed by atoms with Crippen molar-refractivity contribution in [1.82, 2.24) is 20.1 Å². The lowest BCUT2D eigenvalue weighted by Gasteiger charge is -2.24. The Balaban J connectivity index is 2.56. The number of urea groups is 1. The van der Waals surface area contributed by atoms with E-state index in [1.165, 1.54) is 11.2 Å². The maximum Gasteiger partial charge on any atom is 0.319 e. The molecule has 1 N–H and O–H groups in total. The number of hydrogen-bond donors (Lipinski definition) is 1. The van der Waals surface area contributed by atoms with Gasteiger partial charge in [-0.25, -0.2) is 9.78 Å². The quantitative estimate of drug-likeness (QED) is 0.520. The number of oxazole rings is 1. The van der Waals surface area contributed by atoms with Crippen LogP contribution in [0.4, 0.5) is 4.79 Å². The number of nitrogens with one attached hydrogen (secondary N) is 1. The number of aromatic nitrogens is 1. The van der Waals surface area contributed by atoms with Crippen molar-refractivity contribution in [3.05, 3.63) is 17.8 Å². The molecule has 0 aromatic carbocycles. The van der Waals surface area contributed by atoms with Gasteiger partial charge in [0.2, 0.25) is 5.89 Å². The number of rotatable bonds is 13. The first-order chi connectivity index (χ1) is 13.0. The normalized spacial score (nSPS) is 10.7. The molecule has 1 aromatic rings. The molecule has 154 valence electrons. The third kappa shape index (κ3) is 8.87. The van der Waals surface area contributed by atoms with Gasteiger partial charge < -0.3 is 29.0 Å². The van der Waals surface area contributed by atoms with Crippen molar-refractivity contribution >= 4 is 11.9 Å². The lowest BCUT2D eigenvalue weighted by Crippen LogP contribution is -2.39. The predicted molar refractivity (Wildman–Crippen MR) is 101 cm³/mol. The third-order valence-corrected chi connectivity index (χ3v) is 3.64. The molecule has 0 bridgehead atoms. The van der Waals surface area contributed by atoms with Gasteiger partial charge in [-0.3, -0.25) is 4.79 Å². The molecule has 0 aliphatic rings. The predicted octanol–water partition coefficient (Wildman–Crippen LogP) is 1.74. The fraction of sp³-hybridized carbons (Fsp3) is 0.722. The second kappa shape index (κ2) is 13.1. The molecule has 1 aromatic heterocycles. The van der Waals surface area contributed by atoms with E-state index in [4.69, 9.17) is 13.9 Å². The van der Waals surface area contributed by atoms with E-state index in [-0.39, 0.29) is 24.2 Å². The first-order valence-electron chi connectivity index (χ1n) is 9.33. The lowest BCUT2D eigenvalue weighted by atomic mass is 10.4. The van der Waals surface area contributed by atoms with Crippen molar-refractivity contribution < 1.29 is 23.5 Å². The number of carbonyl (C=O) groups is 2. The minimum absolute atomic E-state index is 0.147. The van der Waals surface area contributed by atoms with Gasteiger partial charge >= 0.3 is 6.03 Å². The van der Waals surface area contributed by atoms with E-state index >= 15 is 0 Å². The summed E-state index contributed by atoms with van der Waals surface area (Å²) in [5, 5.41) is 2.77. The average Bonchev–Trinajstić information content (AvgIpc) is 3.12. The molecule has 0 atom stereocenters. The zero-order chi connectivity index (χ0) is 20.1. The van der Waals surface area contributed by atoms with Crippen LogP contribution in [0.1, 0.15) is 43.1 Å². The maximum atomic E-state index is 12.3. The van der Waals surface area contributed by atoms with E-state index in [0.717, 1.165) is 6.42 Å². The summed E-state index contributed by atoms with van der Waals surface area (Å²) in [5.41, 5.74) is 0.202.